The van der Waals surface area contributed by atoms with Gasteiger partial charge in [0.05, 0.1) is 4.71 Å². The Morgan fingerprint density at radius 2 is 2.15 bits per heavy atom. The molecule has 0 bridgehead atoms. The fourth-order valence-corrected chi connectivity index (χ4v) is 4.58. The minimum atomic E-state index is 0.290. The number of alkyl halides is 1. The lowest BCUT2D eigenvalue weighted by molar-refractivity contribution is 0.495. The monoisotopic (exact) mass is 325 g/mol. The van der Waals surface area contributed by atoms with Crippen molar-refractivity contribution in [3.63, 3.8) is 0 Å². The summed E-state index contributed by atoms with van der Waals surface area (Å²) in [6, 6.07) is 10.3. The Balaban J connectivity index is 0.000000178. The van der Waals surface area contributed by atoms with Crippen LogP contribution < -0.4 is 0 Å². The third-order valence-electron chi connectivity index (χ3n) is 3.22. The molecule has 108 valence electrons. The summed E-state index contributed by atoms with van der Waals surface area (Å²) in [6.45, 7) is 8.00. The van der Waals surface area contributed by atoms with Gasteiger partial charge < -0.3 is 0 Å². The van der Waals surface area contributed by atoms with E-state index in [1.165, 1.54) is 16.9 Å². The van der Waals surface area contributed by atoms with Gasteiger partial charge in [-0.05, 0) is 25.2 Å². The largest absolute Gasteiger partial charge is 0.242 e. The smallest absolute Gasteiger partial charge is 0.0870 e. The summed E-state index contributed by atoms with van der Waals surface area (Å²) in [7, 11) is 0. The maximum atomic E-state index is 6.09. The van der Waals surface area contributed by atoms with Crippen LogP contribution in [-0.2, 0) is 0 Å². The van der Waals surface area contributed by atoms with E-state index in [0.717, 1.165) is 19.5 Å². The molecule has 1 unspecified atom stereocenters. The van der Waals surface area contributed by atoms with Crippen LogP contribution >= 0.6 is 35.3 Å². The molecule has 0 aliphatic carbocycles. The van der Waals surface area contributed by atoms with Gasteiger partial charge in [0.1, 0.15) is 0 Å². The van der Waals surface area contributed by atoms with Gasteiger partial charge in [0.2, 0.25) is 0 Å². The molecule has 0 spiro atoms. The molecule has 0 saturated heterocycles. The zero-order chi connectivity index (χ0) is 14.4. The second-order valence-electron chi connectivity index (χ2n) is 4.80. The van der Waals surface area contributed by atoms with Crippen LogP contribution in [0.4, 0.5) is 0 Å². The van der Waals surface area contributed by atoms with Crippen molar-refractivity contribution in [3.05, 3.63) is 58.4 Å². The van der Waals surface area contributed by atoms with Crippen LogP contribution in [-0.4, -0.2) is 22.1 Å². The van der Waals surface area contributed by atoms with Crippen molar-refractivity contribution < 1.29 is 0 Å². The van der Waals surface area contributed by atoms with Crippen LogP contribution in [0.25, 0.3) is 0 Å². The van der Waals surface area contributed by atoms with Crippen molar-refractivity contribution in [1.82, 2.24) is 4.31 Å². The zero-order valence-electron chi connectivity index (χ0n) is 11.7. The van der Waals surface area contributed by atoms with Gasteiger partial charge >= 0.3 is 0 Å². The van der Waals surface area contributed by atoms with Crippen molar-refractivity contribution in [3.8, 4) is 0 Å². The molecule has 0 radical (unpaired) electrons. The van der Waals surface area contributed by atoms with E-state index >= 15 is 0 Å². The van der Waals surface area contributed by atoms with Gasteiger partial charge in [-0.2, -0.15) is 0 Å². The summed E-state index contributed by atoms with van der Waals surface area (Å²) in [4.78, 5) is 1.50. The lowest BCUT2D eigenvalue weighted by atomic mass is 10.1. The Bertz CT molecular complexity index is 473. The van der Waals surface area contributed by atoms with Gasteiger partial charge in [-0.15, -0.1) is 23.4 Å². The molecule has 2 aliphatic heterocycles. The van der Waals surface area contributed by atoms with Crippen molar-refractivity contribution in [2.45, 2.75) is 24.5 Å². The molecule has 20 heavy (non-hydrogen) atoms. The molecule has 0 saturated carbocycles. The summed E-state index contributed by atoms with van der Waals surface area (Å²) >= 11 is 9.63. The molecule has 4 heteroatoms. The predicted octanol–water partition coefficient (Wildman–Crippen LogP) is 5.43. The Hall–Kier alpha value is -0.350. The molecule has 0 aromatic heterocycles. The summed E-state index contributed by atoms with van der Waals surface area (Å²) in [5.74, 6) is 0. The van der Waals surface area contributed by atoms with Crippen LogP contribution in [0, 0.1) is 6.92 Å². The average Bonchev–Trinajstić information content (AvgIpc) is 2.80. The molecular weight excluding hydrogens is 306 g/mol. The maximum Gasteiger partial charge on any atom is 0.0870 e. The topological polar surface area (TPSA) is 3.24 Å². The van der Waals surface area contributed by atoms with E-state index in [0.29, 0.717) is 4.71 Å². The lowest BCUT2D eigenvalue weighted by Gasteiger charge is -2.25. The maximum absolute atomic E-state index is 6.09. The van der Waals surface area contributed by atoms with E-state index < -0.39 is 0 Å². The van der Waals surface area contributed by atoms with Crippen LogP contribution in [0.2, 0.25) is 0 Å². The Morgan fingerprint density at radius 1 is 1.40 bits per heavy atom. The van der Waals surface area contributed by atoms with E-state index in [4.69, 9.17) is 11.6 Å². The SMILES string of the molecule is C=CSN1CCC2=C(C1)SC(Cl)C2.Cc1ccccc1. The molecule has 2 heterocycles. The highest BCUT2D eigenvalue weighted by atomic mass is 35.5. The fraction of sp³-hybridized carbons (Fsp3) is 0.375. The first-order valence-corrected chi connectivity index (χ1v) is 8.90. The van der Waals surface area contributed by atoms with Crippen LogP contribution in [0.15, 0.2) is 52.8 Å². The van der Waals surface area contributed by atoms with Crippen LogP contribution in [0.5, 0.6) is 0 Å². The van der Waals surface area contributed by atoms with Gasteiger partial charge in [0.15, 0.2) is 0 Å². The van der Waals surface area contributed by atoms with Crippen LogP contribution in [0.3, 0.4) is 0 Å². The molecule has 1 nitrogen and oxygen atoms in total. The van der Waals surface area contributed by atoms with Gasteiger partial charge in [-0.1, -0.05) is 60.0 Å². The first-order valence-electron chi connectivity index (χ1n) is 6.75. The molecule has 3 rings (SSSR count). The normalized spacial score (nSPS) is 22.0. The fourth-order valence-electron chi connectivity index (χ4n) is 2.21. The minimum Gasteiger partial charge on any atom is -0.242 e. The van der Waals surface area contributed by atoms with Crippen molar-refractivity contribution >= 4 is 35.3 Å². The van der Waals surface area contributed by atoms with Crippen molar-refractivity contribution in [2.75, 3.05) is 13.1 Å². The van der Waals surface area contributed by atoms with Gasteiger partial charge in [-0.25, -0.2) is 4.31 Å². The first-order chi connectivity index (χ1) is 9.69. The minimum absolute atomic E-state index is 0.290. The summed E-state index contributed by atoms with van der Waals surface area (Å²) < 4.78 is 2.63. The molecule has 1 aromatic carbocycles. The third kappa shape index (κ3) is 4.88. The number of hydrogen-bond acceptors (Lipinski definition) is 3. The van der Waals surface area contributed by atoms with Gasteiger partial charge in [0, 0.05) is 18.0 Å². The Morgan fingerprint density at radius 3 is 2.75 bits per heavy atom. The summed E-state index contributed by atoms with van der Waals surface area (Å²) in [6.07, 6.45) is 2.28. The van der Waals surface area contributed by atoms with Crippen molar-refractivity contribution in [1.29, 1.82) is 0 Å². The summed E-state index contributed by atoms with van der Waals surface area (Å²) in [5.41, 5.74) is 2.91. The Kier molecular flexibility index (Phi) is 6.56. The highest BCUT2D eigenvalue weighted by Gasteiger charge is 2.27. The molecule has 0 fully saturated rings. The molecule has 1 aromatic rings. The van der Waals surface area contributed by atoms with Gasteiger partial charge in [0.25, 0.3) is 0 Å². The summed E-state index contributed by atoms with van der Waals surface area (Å²) in [5, 5.41) is 1.89. The van der Waals surface area contributed by atoms with E-state index in [9.17, 15) is 0 Å². The zero-order valence-corrected chi connectivity index (χ0v) is 14.1. The number of halogens is 1. The molecule has 0 amide bonds. The van der Waals surface area contributed by atoms with Crippen LogP contribution in [0.1, 0.15) is 18.4 Å². The number of benzene rings is 1. The molecular formula is C16H20ClNS2. The highest BCUT2D eigenvalue weighted by Crippen LogP contribution is 2.44. The second-order valence-corrected chi connectivity index (χ2v) is 7.94. The highest BCUT2D eigenvalue weighted by molar-refractivity contribution is 8.05. The van der Waals surface area contributed by atoms with Crippen molar-refractivity contribution in [2.24, 2.45) is 0 Å². The molecule has 2 aliphatic rings. The van der Waals surface area contributed by atoms with E-state index in [1.54, 1.807) is 17.5 Å². The van der Waals surface area contributed by atoms with Gasteiger partial charge in [-0.3, -0.25) is 0 Å². The van der Waals surface area contributed by atoms with E-state index in [2.05, 4.69) is 29.9 Å². The number of rotatable bonds is 2. The number of thioether (sulfide) groups is 1. The molecule has 0 N–H and O–H groups in total. The lowest BCUT2D eigenvalue weighted by Crippen LogP contribution is -2.23. The number of nitrogens with zero attached hydrogens (tertiary/aromatic N) is 1. The number of hydrogen-bond donors (Lipinski definition) is 0. The standard InChI is InChI=1S/C9H12ClNS2.C7H8/c1-2-12-11-4-3-7-5-9(10)13-8(7)6-11;1-7-5-3-2-4-6-7/h2,9H,1,3-6H2;2-6H,1H3. The molecule has 1 atom stereocenters. The third-order valence-corrected chi connectivity index (χ3v) is 5.52. The average molecular weight is 326 g/mol. The first kappa shape index (κ1) is 16.0. The predicted molar refractivity (Wildman–Crippen MR) is 94.0 cm³/mol. The van der Waals surface area contributed by atoms with E-state index in [1.807, 2.05) is 35.4 Å². The quantitative estimate of drug-likeness (QED) is 0.527. The second kappa shape index (κ2) is 8.18. The Labute approximate surface area is 135 Å². The van der Waals surface area contributed by atoms with E-state index in [-0.39, 0.29) is 0 Å². The number of aryl methyl sites for hydroxylation is 1.